The Morgan fingerprint density at radius 1 is 1.10 bits per heavy atom. The Morgan fingerprint density at radius 3 is 2.35 bits per heavy atom. The minimum absolute atomic E-state index is 0.284. The van der Waals surface area contributed by atoms with Crippen molar-refractivity contribution in [3.8, 4) is 0 Å². The van der Waals surface area contributed by atoms with E-state index in [0.717, 1.165) is 11.1 Å². The second-order valence-electron chi connectivity index (χ2n) is 7.97. The van der Waals surface area contributed by atoms with Gasteiger partial charge in [0, 0.05) is 18.8 Å². The second kappa shape index (κ2) is 8.24. The van der Waals surface area contributed by atoms with Gasteiger partial charge in [-0.05, 0) is 42.7 Å². The molecule has 3 aromatic rings. The molecule has 0 atom stereocenters. The normalized spacial score (nSPS) is 16.8. The van der Waals surface area contributed by atoms with E-state index in [-0.39, 0.29) is 6.54 Å². The van der Waals surface area contributed by atoms with Gasteiger partial charge in [-0.3, -0.25) is 0 Å². The Balaban J connectivity index is 1.64. The first-order chi connectivity index (χ1) is 14.8. The topological polar surface area (TPSA) is 107 Å². The Bertz CT molecular complexity index is 1160. The SMILES string of the molecule is C=C(N)Cn1nnc(C2(c3ccccc3)CCN(S(=O)(=O)c3ccc(C)cc3)CC2)n1. The van der Waals surface area contributed by atoms with Crippen LogP contribution in [0.2, 0.25) is 0 Å². The highest BCUT2D eigenvalue weighted by molar-refractivity contribution is 7.89. The summed E-state index contributed by atoms with van der Waals surface area (Å²) in [6.07, 6.45) is 1.11. The maximum atomic E-state index is 13.2. The van der Waals surface area contributed by atoms with Crippen LogP contribution >= 0.6 is 0 Å². The average molecular weight is 439 g/mol. The number of nitrogens with zero attached hydrogens (tertiary/aromatic N) is 5. The first-order valence-electron chi connectivity index (χ1n) is 10.2. The molecule has 4 rings (SSSR count). The van der Waals surface area contributed by atoms with Gasteiger partial charge in [0.1, 0.15) is 6.54 Å². The van der Waals surface area contributed by atoms with Gasteiger partial charge in [-0.1, -0.05) is 54.6 Å². The van der Waals surface area contributed by atoms with Crippen molar-refractivity contribution < 1.29 is 8.42 Å². The zero-order valence-electron chi connectivity index (χ0n) is 17.5. The molecule has 1 fully saturated rings. The van der Waals surface area contributed by atoms with Gasteiger partial charge in [-0.25, -0.2) is 8.42 Å². The summed E-state index contributed by atoms with van der Waals surface area (Å²) in [4.78, 5) is 1.74. The van der Waals surface area contributed by atoms with Crippen molar-refractivity contribution in [2.75, 3.05) is 13.1 Å². The Hall–Kier alpha value is -3.04. The van der Waals surface area contributed by atoms with Crippen molar-refractivity contribution in [1.29, 1.82) is 0 Å². The number of aryl methyl sites for hydroxylation is 1. The third-order valence-corrected chi connectivity index (χ3v) is 7.70. The van der Waals surface area contributed by atoms with E-state index in [0.29, 0.717) is 42.3 Å². The maximum Gasteiger partial charge on any atom is 0.243 e. The summed E-state index contributed by atoms with van der Waals surface area (Å²) in [6, 6.07) is 16.9. The number of rotatable bonds is 6. The fourth-order valence-electron chi connectivity index (χ4n) is 4.05. The first-order valence-corrected chi connectivity index (χ1v) is 11.6. The lowest BCUT2D eigenvalue weighted by Gasteiger charge is -2.39. The third-order valence-electron chi connectivity index (χ3n) is 5.79. The van der Waals surface area contributed by atoms with E-state index in [1.165, 1.54) is 4.80 Å². The van der Waals surface area contributed by atoms with Crippen LogP contribution in [0.3, 0.4) is 0 Å². The molecule has 9 heteroatoms. The van der Waals surface area contributed by atoms with E-state index in [9.17, 15) is 8.42 Å². The van der Waals surface area contributed by atoms with Gasteiger partial charge < -0.3 is 5.73 Å². The van der Waals surface area contributed by atoms with E-state index < -0.39 is 15.4 Å². The zero-order valence-corrected chi connectivity index (χ0v) is 18.3. The number of hydrogen-bond donors (Lipinski definition) is 1. The zero-order chi connectivity index (χ0) is 22.1. The van der Waals surface area contributed by atoms with Crippen LogP contribution in [-0.2, 0) is 22.0 Å². The molecular weight excluding hydrogens is 412 g/mol. The predicted octanol–water partition coefficient (Wildman–Crippen LogP) is 2.22. The molecule has 31 heavy (non-hydrogen) atoms. The quantitative estimate of drug-likeness (QED) is 0.632. The monoisotopic (exact) mass is 438 g/mol. The first kappa shape index (κ1) is 21.2. The lowest BCUT2D eigenvalue weighted by molar-refractivity contribution is 0.256. The fraction of sp³-hybridized carbons (Fsp3) is 0.318. The van der Waals surface area contributed by atoms with Crippen LogP contribution in [0.5, 0.6) is 0 Å². The molecule has 8 nitrogen and oxygen atoms in total. The van der Waals surface area contributed by atoms with Crippen LogP contribution in [0.1, 0.15) is 29.8 Å². The molecule has 162 valence electrons. The molecule has 2 heterocycles. The van der Waals surface area contributed by atoms with E-state index >= 15 is 0 Å². The lowest BCUT2D eigenvalue weighted by Crippen LogP contribution is -2.46. The van der Waals surface area contributed by atoms with Crippen molar-refractivity contribution in [1.82, 2.24) is 24.5 Å². The van der Waals surface area contributed by atoms with Gasteiger partial charge in [0.15, 0.2) is 5.82 Å². The fourth-order valence-corrected chi connectivity index (χ4v) is 5.49. The second-order valence-corrected chi connectivity index (χ2v) is 9.90. The van der Waals surface area contributed by atoms with Crippen molar-refractivity contribution in [2.24, 2.45) is 5.73 Å². The summed E-state index contributed by atoms with van der Waals surface area (Å²) in [5.41, 5.74) is 7.69. The van der Waals surface area contributed by atoms with Gasteiger partial charge in [0.2, 0.25) is 10.0 Å². The van der Waals surface area contributed by atoms with E-state index in [4.69, 9.17) is 5.73 Å². The molecule has 0 spiro atoms. The van der Waals surface area contributed by atoms with Gasteiger partial charge in [0.05, 0.1) is 10.3 Å². The van der Waals surface area contributed by atoms with Crippen LogP contribution in [-0.4, -0.2) is 46.0 Å². The molecule has 1 aromatic heterocycles. The van der Waals surface area contributed by atoms with Gasteiger partial charge >= 0.3 is 0 Å². The van der Waals surface area contributed by atoms with Crippen molar-refractivity contribution in [3.63, 3.8) is 0 Å². The lowest BCUT2D eigenvalue weighted by atomic mass is 9.72. The van der Waals surface area contributed by atoms with Crippen LogP contribution in [0, 0.1) is 6.92 Å². The molecule has 0 bridgehead atoms. The molecule has 1 aliphatic heterocycles. The summed E-state index contributed by atoms with van der Waals surface area (Å²) in [7, 11) is -3.56. The highest BCUT2D eigenvalue weighted by Gasteiger charge is 2.44. The largest absolute Gasteiger partial charge is 0.401 e. The van der Waals surface area contributed by atoms with E-state index in [1.807, 2.05) is 49.4 Å². The average Bonchev–Trinajstić information content (AvgIpc) is 3.23. The van der Waals surface area contributed by atoms with E-state index in [2.05, 4.69) is 22.0 Å². The van der Waals surface area contributed by atoms with Crippen LogP contribution in [0.4, 0.5) is 0 Å². The summed E-state index contributed by atoms with van der Waals surface area (Å²) in [5, 5.41) is 13.0. The number of piperidine rings is 1. The van der Waals surface area contributed by atoms with Gasteiger partial charge in [-0.2, -0.15) is 9.10 Å². The van der Waals surface area contributed by atoms with Crippen LogP contribution in [0.15, 0.2) is 71.8 Å². The number of tetrazole rings is 1. The summed E-state index contributed by atoms with van der Waals surface area (Å²) >= 11 is 0. The highest BCUT2D eigenvalue weighted by atomic mass is 32.2. The van der Waals surface area contributed by atoms with Crippen LogP contribution < -0.4 is 5.73 Å². The summed E-state index contributed by atoms with van der Waals surface area (Å²) in [6.45, 7) is 6.64. The molecule has 1 saturated heterocycles. The third kappa shape index (κ3) is 4.11. The van der Waals surface area contributed by atoms with Crippen molar-refractivity contribution in [3.05, 3.63) is 83.8 Å². The molecule has 2 N–H and O–H groups in total. The number of hydrogen-bond acceptors (Lipinski definition) is 6. The molecule has 0 amide bonds. The summed E-state index contributed by atoms with van der Waals surface area (Å²) < 4.78 is 27.9. The Morgan fingerprint density at radius 2 is 1.74 bits per heavy atom. The van der Waals surface area contributed by atoms with Gasteiger partial charge in [0.25, 0.3) is 0 Å². The minimum Gasteiger partial charge on any atom is -0.401 e. The molecule has 2 aromatic carbocycles. The van der Waals surface area contributed by atoms with Crippen molar-refractivity contribution in [2.45, 2.75) is 36.6 Å². The molecular formula is C22H26N6O2S. The number of benzene rings is 2. The molecule has 0 unspecified atom stereocenters. The highest BCUT2D eigenvalue weighted by Crippen LogP contribution is 2.41. The number of aromatic nitrogens is 4. The number of allylic oxidation sites excluding steroid dienone is 1. The Kier molecular flexibility index (Phi) is 5.63. The van der Waals surface area contributed by atoms with Gasteiger partial charge in [-0.15, -0.1) is 10.2 Å². The minimum atomic E-state index is -3.56. The molecule has 0 radical (unpaired) electrons. The number of sulfonamides is 1. The Labute approximate surface area is 182 Å². The van der Waals surface area contributed by atoms with E-state index in [1.54, 1.807) is 16.4 Å². The maximum absolute atomic E-state index is 13.2. The van der Waals surface area contributed by atoms with Crippen molar-refractivity contribution >= 4 is 10.0 Å². The van der Waals surface area contributed by atoms with Crippen LogP contribution in [0.25, 0.3) is 0 Å². The molecule has 0 aliphatic carbocycles. The summed E-state index contributed by atoms with van der Waals surface area (Å²) in [5.74, 6) is 0.576. The molecule has 1 aliphatic rings. The smallest absolute Gasteiger partial charge is 0.243 e. The number of nitrogens with two attached hydrogens (primary N) is 1. The standard InChI is InChI=1S/C22H26N6O2S/c1-17-8-10-20(11-9-17)31(29,30)27-14-12-22(13-15-27,19-6-4-3-5-7-19)21-24-26-28(25-21)16-18(2)23/h3-11H,2,12-16,23H2,1H3. The molecule has 0 saturated carbocycles. The predicted molar refractivity (Wildman–Crippen MR) is 118 cm³/mol.